The van der Waals surface area contributed by atoms with Gasteiger partial charge in [-0.15, -0.1) is 0 Å². The zero-order chi connectivity index (χ0) is 26.2. The fourth-order valence-electron chi connectivity index (χ4n) is 3.75. The van der Waals surface area contributed by atoms with E-state index in [0.717, 1.165) is 16.7 Å². The Morgan fingerprint density at radius 2 is 1.73 bits per heavy atom. The Morgan fingerprint density at radius 3 is 2.49 bits per heavy atom. The summed E-state index contributed by atoms with van der Waals surface area (Å²) in [5, 5.41) is 28.6. The standard InChI is InChI=1S/C29H20ClN3O4/c30-27-9-24(16-35)28(36-17-21-7-20(11-31)13-33-14-21)10-29(27)37-18-23-5-2-6-25(26(23)12-32)22-4-1-3-19(8-22)15-34/h1-10,13-14,16,34H,15,17-18H2. The highest BCUT2D eigenvalue weighted by molar-refractivity contribution is 6.32. The molecular formula is C29H20ClN3O4. The molecule has 1 N–H and O–H groups in total. The van der Waals surface area contributed by atoms with E-state index in [4.69, 9.17) is 26.3 Å². The molecule has 3 aromatic carbocycles. The second-order valence-electron chi connectivity index (χ2n) is 8.02. The van der Waals surface area contributed by atoms with E-state index in [1.54, 1.807) is 18.3 Å². The summed E-state index contributed by atoms with van der Waals surface area (Å²) in [4.78, 5) is 15.6. The van der Waals surface area contributed by atoms with Gasteiger partial charge in [-0.05, 0) is 34.9 Å². The van der Waals surface area contributed by atoms with E-state index in [-0.39, 0.29) is 41.9 Å². The van der Waals surface area contributed by atoms with Crippen LogP contribution in [0.5, 0.6) is 11.5 Å². The maximum absolute atomic E-state index is 11.6. The second-order valence-corrected chi connectivity index (χ2v) is 8.43. The number of nitriles is 2. The third-order valence-corrected chi connectivity index (χ3v) is 5.87. The number of carbonyl (C=O) groups excluding carboxylic acids is 1. The van der Waals surface area contributed by atoms with E-state index in [1.165, 1.54) is 18.3 Å². The van der Waals surface area contributed by atoms with Crippen LogP contribution in [0, 0.1) is 22.7 Å². The first-order chi connectivity index (χ1) is 18.1. The van der Waals surface area contributed by atoms with Crippen molar-refractivity contribution in [1.82, 2.24) is 4.98 Å². The SMILES string of the molecule is N#Cc1cncc(COc2cc(OCc3cccc(-c4cccc(CO)c4)c3C#N)c(Cl)cc2C=O)c1. The van der Waals surface area contributed by atoms with Crippen LogP contribution < -0.4 is 9.47 Å². The molecule has 1 aromatic heterocycles. The monoisotopic (exact) mass is 509 g/mol. The van der Waals surface area contributed by atoms with Gasteiger partial charge in [0, 0.05) is 29.6 Å². The third-order valence-electron chi connectivity index (χ3n) is 5.58. The Morgan fingerprint density at radius 1 is 0.919 bits per heavy atom. The summed E-state index contributed by atoms with van der Waals surface area (Å²) >= 11 is 6.36. The zero-order valence-corrected chi connectivity index (χ0v) is 20.3. The van der Waals surface area contributed by atoms with Gasteiger partial charge in [0.25, 0.3) is 0 Å². The normalized spacial score (nSPS) is 10.3. The van der Waals surface area contributed by atoms with Gasteiger partial charge in [-0.2, -0.15) is 10.5 Å². The lowest BCUT2D eigenvalue weighted by molar-refractivity contribution is 0.111. The van der Waals surface area contributed by atoms with Crippen LogP contribution in [-0.4, -0.2) is 16.4 Å². The molecule has 0 saturated carbocycles. The van der Waals surface area contributed by atoms with Gasteiger partial charge in [0.15, 0.2) is 6.29 Å². The molecule has 182 valence electrons. The van der Waals surface area contributed by atoms with Gasteiger partial charge < -0.3 is 14.6 Å². The maximum Gasteiger partial charge on any atom is 0.153 e. The van der Waals surface area contributed by atoms with Crippen molar-refractivity contribution >= 4 is 17.9 Å². The van der Waals surface area contributed by atoms with Crippen molar-refractivity contribution in [3.63, 3.8) is 0 Å². The molecule has 0 aliphatic heterocycles. The number of halogens is 1. The van der Waals surface area contributed by atoms with Gasteiger partial charge in [0.1, 0.15) is 36.9 Å². The first-order valence-corrected chi connectivity index (χ1v) is 11.5. The number of aldehydes is 1. The number of aliphatic hydroxyl groups is 1. The molecule has 1 heterocycles. The van der Waals surface area contributed by atoms with Crippen LogP contribution in [-0.2, 0) is 19.8 Å². The van der Waals surface area contributed by atoms with E-state index < -0.39 is 0 Å². The van der Waals surface area contributed by atoms with Gasteiger partial charge in [-0.3, -0.25) is 9.78 Å². The minimum absolute atomic E-state index is 0.0458. The smallest absolute Gasteiger partial charge is 0.153 e. The molecule has 0 aliphatic carbocycles. The van der Waals surface area contributed by atoms with E-state index in [9.17, 15) is 15.2 Å². The number of ether oxygens (including phenoxy) is 2. The summed E-state index contributed by atoms with van der Waals surface area (Å²) in [7, 11) is 0. The molecule has 0 aliphatic rings. The first-order valence-electron chi connectivity index (χ1n) is 11.2. The number of rotatable bonds is 9. The van der Waals surface area contributed by atoms with Crippen molar-refractivity contribution in [2.24, 2.45) is 0 Å². The average molecular weight is 510 g/mol. The number of aromatic nitrogens is 1. The minimum atomic E-state index is -0.0987. The molecule has 4 rings (SSSR count). The summed E-state index contributed by atoms with van der Waals surface area (Å²) in [5.41, 5.74) is 4.66. The van der Waals surface area contributed by atoms with Crippen LogP contribution in [0.1, 0.15) is 38.2 Å². The largest absolute Gasteiger partial charge is 0.488 e. The average Bonchev–Trinajstić information content (AvgIpc) is 2.95. The van der Waals surface area contributed by atoms with Crippen molar-refractivity contribution in [3.8, 4) is 34.8 Å². The van der Waals surface area contributed by atoms with Crippen LogP contribution >= 0.6 is 11.6 Å². The highest BCUT2D eigenvalue weighted by atomic mass is 35.5. The van der Waals surface area contributed by atoms with Crippen LogP contribution in [0.25, 0.3) is 11.1 Å². The van der Waals surface area contributed by atoms with E-state index >= 15 is 0 Å². The van der Waals surface area contributed by atoms with E-state index in [2.05, 4.69) is 11.1 Å². The molecule has 0 atom stereocenters. The summed E-state index contributed by atoms with van der Waals surface area (Å²) in [6, 6.07) is 21.7. The topological polar surface area (TPSA) is 116 Å². The number of benzene rings is 3. The highest BCUT2D eigenvalue weighted by Crippen LogP contribution is 2.34. The molecule has 37 heavy (non-hydrogen) atoms. The van der Waals surface area contributed by atoms with Gasteiger partial charge in [-0.1, -0.05) is 48.0 Å². The lowest BCUT2D eigenvalue weighted by Gasteiger charge is -2.15. The molecule has 7 nitrogen and oxygen atoms in total. The predicted octanol–water partition coefficient (Wildman–Crippen LogP) is 5.61. The van der Waals surface area contributed by atoms with Crippen molar-refractivity contribution in [3.05, 3.63) is 111 Å². The number of aliphatic hydroxyl groups excluding tert-OH is 1. The Labute approximate surface area is 218 Å². The molecule has 4 aromatic rings. The molecule has 0 saturated heterocycles. The van der Waals surface area contributed by atoms with Crippen molar-refractivity contribution in [2.75, 3.05) is 0 Å². The van der Waals surface area contributed by atoms with E-state index in [1.807, 2.05) is 42.5 Å². The van der Waals surface area contributed by atoms with Crippen molar-refractivity contribution in [2.45, 2.75) is 19.8 Å². The van der Waals surface area contributed by atoms with Gasteiger partial charge in [-0.25, -0.2) is 0 Å². The highest BCUT2D eigenvalue weighted by Gasteiger charge is 2.15. The van der Waals surface area contributed by atoms with Crippen molar-refractivity contribution < 1.29 is 19.4 Å². The fraction of sp³-hybridized carbons (Fsp3) is 0.103. The van der Waals surface area contributed by atoms with Crippen LogP contribution in [0.4, 0.5) is 0 Å². The van der Waals surface area contributed by atoms with Crippen LogP contribution in [0.15, 0.2) is 73.1 Å². The number of carbonyl (C=O) groups is 1. The molecular weight excluding hydrogens is 490 g/mol. The lowest BCUT2D eigenvalue weighted by Crippen LogP contribution is -2.03. The van der Waals surface area contributed by atoms with Gasteiger partial charge in [0.05, 0.1) is 28.3 Å². The Hall–Kier alpha value is -4.69. The quantitative estimate of drug-likeness (QED) is 0.291. The van der Waals surface area contributed by atoms with Gasteiger partial charge in [0.2, 0.25) is 0 Å². The molecule has 0 unspecified atom stereocenters. The second kappa shape index (κ2) is 11.8. The number of hydrogen-bond donors (Lipinski definition) is 1. The molecule has 0 radical (unpaired) electrons. The number of pyridine rings is 1. The van der Waals surface area contributed by atoms with Crippen molar-refractivity contribution in [1.29, 1.82) is 10.5 Å². The summed E-state index contributed by atoms with van der Waals surface area (Å²) in [6.45, 7) is 0.0284. The molecule has 0 bridgehead atoms. The lowest BCUT2D eigenvalue weighted by atomic mass is 9.95. The summed E-state index contributed by atoms with van der Waals surface area (Å²) in [6.07, 6.45) is 3.65. The van der Waals surface area contributed by atoms with Gasteiger partial charge >= 0.3 is 0 Å². The number of nitrogens with zero attached hydrogens (tertiary/aromatic N) is 3. The Balaban J connectivity index is 1.58. The van der Waals surface area contributed by atoms with Crippen LogP contribution in [0.2, 0.25) is 5.02 Å². The molecule has 8 heteroatoms. The van der Waals surface area contributed by atoms with Crippen LogP contribution in [0.3, 0.4) is 0 Å². The minimum Gasteiger partial charge on any atom is -0.488 e. The molecule has 0 fully saturated rings. The fourth-order valence-corrected chi connectivity index (χ4v) is 3.98. The summed E-state index contributed by atoms with van der Waals surface area (Å²) in [5.74, 6) is 0.537. The maximum atomic E-state index is 11.6. The molecule has 0 spiro atoms. The number of hydrogen-bond acceptors (Lipinski definition) is 7. The third kappa shape index (κ3) is 5.94. The molecule has 0 amide bonds. The first kappa shape index (κ1) is 25.4. The predicted molar refractivity (Wildman–Crippen MR) is 137 cm³/mol. The Kier molecular flexibility index (Phi) is 8.12. The Bertz CT molecular complexity index is 1540. The summed E-state index contributed by atoms with van der Waals surface area (Å²) < 4.78 is 11.8. The van der Waals surface area contributed by atoms with E-state index in [0.29, 0.717) is 28.5 Å². The zero-order valence-electron chi connectivity index (χ0n) is 19.5.